The van der Waals surface area contributed by atoms with Gasteiger partial charge < -0.3 is 0 Å². The Morgan fingerprint density at radius 2 is 1.73 bits per heavy atom. The second kappa shape index (κ2) is 4.29. The highest BCUT2D eigenvalue weighted by molar-refractivity contribution is 7.85. The summed E-state index contributed by atoms with van der Waals surface area (Å²) in [6.45, 7) is 0. The predicted octanol–water partition coefficient (Wildman–Crippen LogP) is 1.92. The average molecular weight is 258 g/mol. The number of rotatable bonds is 4. The first-order valence-electron chi connectivity index (χ1n) is 2.73. The van der Waals surface area contributed by atoms with Crippen LogP contribution in [0.4, 0.5) is 0 Å². The van der Waals surface area contributed by atoms with Crippen LogP contribution in [0.1, 0.15) is 6.42 Å². The van der Waals surface area contributed by atoms with Gasteiger partial charge in [-0.25, -0.2) is 0 Å². The van der Waals surface area contributed by atoms with Crippen molar-refractivity contribution < 1.29 is 13.0 Å². The minimum atomic E-state index is -3.90. The van der Waals surface area contributed by atoms with Crippen molar-refractivity contribution in [3.8, 4) is 0 Å². The monoisotopic (exact) mass is 256 g/mol. The molecule has 11 heavy (non-hydrogen) atoms. The van der Waals surface area contributed by atoms with E-state index in [0.717, 1.165) is 0 Å². The predicted molar refractivity (Wildman–Crippen MR) is 49.2 cm³/mol. The minimum Gasteiger partial charge on any atom is -0.286 e. The third kappa shape index (κ3) is 11.0. The van der Waals surface area contributed by atoms with Crippen molar-refractivity contribution >= 4 is 49.4 Å². The van der Waals surface area contributed by atoms with Crippen molar-refractivity contribution in [1.29, 1.82) is 0 Å². The molecule has 0 rings (SSSR count). The molecule has 0 saturated carbocycles. The summed E-state index contributed by atoms with van der Waals surface area (Å²) in [7, 11) is -3.90. The second-order valence-electron chi connectivity index (χ2n) is 2.00. The van der Waals surface area contributed by atoms with Gasteiger partial charge in [0.2, 0.25) is 0 Å². The van der Waals surface area contributed by atoms with Crippen LogP contribution >= 0.6 is 33.2 Å². The highest BCUT2D eigenvalue weighted by atomic mass is 35.8. The Kier molecular flexibility index (Phi) is 4.68. The van der Waals surface area contributed by atoms with Gasteiger partial charge in [0.1, 0.15) is 0 Å². The summed E-state index contributed by atoms with van der Waals surface area (Å²) in [6.07, 6.45) is 0.196. The number of halogens is 3. The highest BCUT2D eigenvalue weighted by Gasteiger charge is 2.24. The Morgan fingerprint density at radius 3 is 2.00 bits per heavy atom. The normalized spacial score (nSPS) is 13.5. The molecule has 0 bridgehead atoms. The zero-order chi connectivity index (χ0) is 9.12. The first-order valence-corrected chi connectivity index (χ1v) is 9.58. The molecule has 0 spiro atoms. The smallest absolute Gasteiger partial charge is 0.286 e. The molecule has 0 heterocycles. The molecular formula is C3H7Cl3O3SSi. The molecule has 0 aromatic heterocycles. The standard InChI is InChI=1S/C3H7Cl3O3SSi/c4-11(5,6)3-1-2-10(7,8)9/h1-3H2,(H,7,8,9). The Bertz CT molecular complexity index is 208. The highest BCUT2D eigenvalue weighted by Crippen LogP contribution is 2.26. The van der Waals surface area contributed by atoms with Crippen LogP contribution < -0.4 is 0 Å². The summed E-state index contributed by atoms with van der Waals surface area (Å²) < 4.78 is 28.6. The van der Waals surface area contributed by atoms with Gasteiger partial charge in [-0.05, 0) is 12.5 Å². The molecule has 0 unspecified atom stereocenters. The van der Waals surface area contributed by atoms with E-state index >= 15 is 0 Å². The number of hydrogen-bond acceptors (Lipinski definition) is 2. The largest absolute Gasteiger partial charge is 0.341 e. The van der Waals surface area contributed by atoms with Gasteiger partial charge in [-0.1, -0.05) is 0 Å². The van der Waals surface area contributed by atoms with E-state index in [9.17, 15) is 8.42 Å². The molecule has 0 aromatic rings. The van der Waals surface area contributed by atoms with Gasteiger partial charge in [-0.2, -0.15) is 8.42 Å². The summed E-state index contributed by atoms with van der Waals surface area (Å²) in [6, 6.07) is -2.47. The third-order valence-electron chi connectivity index (χ3n) is 0.863. The van der Waals surface area contributed by atoms with E-state index < -0.39 is 16.1 Å². The second-order valence-corrected chi connectivity index (χ2v) is 12.9. The fourth-order valence-electron chi connectivity index (χ4n) is 0.455. The molecule has 1 N–H and O–H groups in total. The average Bonchev–Trinajstić information content (AvgIpc) is 1.55. The first kappa shape index (κ1) is 12.0. The maximum absolute atomic E-state index is 10.2. The molecule has 0 atom stereocenters. The van der Waals surface area contributed by atoms with Gasteiger partial charge in [0.15, 0.2) is 0 Å². The van der Waals surface area contributed by atoms with Gasteiger partial charge in [0.25, 0.3) is 10.1 Å². The van der Waals surface area contributed by atoms with Gasteiger partial charge >= 0.3 is 6.00 Å². The van der Waals surface area contributed by atoms with Crippen LogP contribution in [-0.4, -0.2) is 24.7 Å². The Balaban J connectivity index is 3.61. The lowest BCUT2D eigenvalue weighted by atomic mass is 10.6. The van der Waals surface area contributed by atoms with E-state index in [0.29, 0.717) is 0 Å². The van der Waals surface area contributed by atoms with Crippen LogP contribution in [0.25, 0.3) is 0 Å². The van der Waals surface area contributed by atoms with Crippen molar-refractivity contribution in [3.05, 3.63) is 0 Å². The van der Waals surface area contributed by atoms with Crippen LogP contribution in [0, 0.1) is 0 Å². The van der Waals surface area contributed by atoms with Crippen molar-refractivity contribution in [2.24, 2.45) is 0 Å². The topological polar surface area (TPSA) is 54.4 Å². The lowest BCUT2D eigenvalue weighted by Crippen LogP contribution is -2.12. The fourth-order valence-corrected chi connectivity index (χ4v) is 3.00. The summed E-state index contributed by atoms with van der Waals surface area (Å²) in [5, 5.41) is 0. The lowest BCUT2D eigenvalue weighted by molar-refractivity contribution is 0.482. The van der Waals surface area contributed by atoms with Crippen LogP contribution in [-0.2, 0) is 10.1 Å². The molecule has 0 aliphatic heterocycles. The molecule has 0 fully saturated rings. The molecule has 0 saturated heterocycles. The maximum atomic E-state index is 10.2. The summed E-state index contributed by atoms with van der Waals surface area (Å²) >= 11 is 16.4. The molecule has 3 nitrogen and oxygen atoms in total. The van der Waals surface area contributed by atoms with Gasteiger partial charge in [-0.15, -0.1) is 33.2 Å². The summed E-state index contributed by atoms with van der Waals surface area (Å²) in [5.74, 6) is -0.339. The van der Waals surface area contributed by atoms with Gasteiger partial charge in [0, 0.05) is 0 Å². The van der Waals surface area contributed by atoms with Crippen molar-refractivity contribution in [3.63, 3.8) is 0 Å². The van der Waals surface area contributed by atoms with E-state index in [2.05, 4.69) is 0 Å². The van der Waals surface area contributed by atoms with Crippen molar-refractivity contribution in [2.45, 2.75) is 12.5 Å². The molecule has 8 heteroatoms. The van der Waals surface area contributed by atoms with Crippen LogP contribution in [0.2, 0.25) is 6.04 Å². The molecule has 0 aliphatic carbocycles. The van der Waals surface area contributed by atoms with E-state index in [4.69, 9.17) is 37.8 Å². The fraction of sp³-hybridized carbons (Fsp3) is 1.00. The zero-order valence-electron chi connectivity index (χ0n) is 5.43. The van der Waals surface area contributed by atoms with E-state index in [1.807, 2.05) is 0 Å². The van der Waals surface area contributed by atoms with Crippen molar-refractivity contribution in [2.75, 3.05) is 5.75 Å². The number of hydrogen-bond donors (Lipinski definition) is 1. The molecule has 0 aromatic carbocycles. The summed E-state index contributed by atoms with van der Waals surface area (Å²) in [5.41, 5.74) is 0. The minimum absolute atomic E-state index is 0.196. The van der Waals surface area contributed by atoms with Gasteiger partial charge in [0.05, 0.1) is 5.75 Å². The van der Waals surface area contributed by atoms with E-state index in [-0.39, 0.29) is 18.2 Å². The summed E-state index contributed by atoms with van der Waals surface area (Å²) in [4.78, 5) is 0. The molecular weight excluding hydrogens is 251 g/mol. The van der Waals surface area contributed by atoms with E-state index in [1.165, 1.54) is 0 Å². The Labute approximate surface area is 80.5 Å². The van der Waals surface area contributed by atoms with E-state index in [1.54, 1.807) is 0 Å². The molecule has 0 amide bonds. The zero-order valence-corrected chi connectivity index (χ0v) is 9.51. The Morgan fingerprint density at radius 1 is 1.27 bits per heavy atom. The van der Waals surface area contributed by atoms with Crippen molar-refractivity contribution in [1.82, 2.24) is 0 Å². The molecule has 0 aliphatic rings. The van der Waals surface area contributed by atoms with Crippen LogP contribution in [0.5, 0.6) is 0 Å². The maximum Gasteiger partial charge on any atom is 0.341 e. The Hall–Kier alpha value is 0.997. The molecule has 68 valence electrons. The third-order valence-corrected chi connectivity index (χ3v) is 4.29. The quantitative estimate of drug-likeness (QED) is 0.476. The first-order chi connectivity index (χ1) is 4.71. The SMILES string of the molecule is O=S(=O)(O)CCC[Si](Cl)(Cl)Cl. The lowest BCUT2D eigenvalue weighted by Gasteiger charge is -2.04. The molecule has 0 radical (unpaired) electrons. The van der Waals surface area contributed by atoms with Gasteiger partial charge in [-0.3, -0.25) is 4.55 Å². The van der Waals surface area contributed by atoms with Crippen LogP contribution in [0.3, 0.4) is 0 Å². The van der Waals surface area contributed by atoms with Crippen LogP contribution in [0.15, 0.2) is 0 Å².